The fraction of sp³-hybridized carbons (Fsp3) is 0.692. The normalized spacial score (nSPS) is 13.9. The summed E-state index contributed by atoms with van der Waals surface area (Å²) in [4.78, 5) is 17.1. The third-order valence-corrected chi connectivity index (χ3v) is 3.51. The first-order valence-corrected chi connectivity index (χ1v) is 7.37. The van der Waals surface area contributed by atoms with Gasteiger partial charge in [0.05, 0.1) is 12.5 Å². The maximum absolute atomic E-state index is 8.77. The number of hydrogen-bond donors (Lipinski definition) is 0. The molecule has 6 nitrogen and oxygen atoms in total. The topological polar surface area (TPSA) is 68.9 Å². The Balaban J connectivity index is 2.27. The first-order valence-electron chi connectivity index (χ1n) is 6.99. The zero-order valence-electron chi connectivity index (χ0n) is 11.9. The molecule has 1 saturated carbocycles. The minimum Gasteiger partial charge on any atom is -0.341 e. The highest BCUT2D eigenvalue weighted by atomic mass is 35.5. The molecule has 0 saturated heterocycles. The third kappa shape index (κ3) is 3.48. The molecule has 1 aromatic heterocycles. The Hall–Kier alpha value is -1.61. The van der Waals surface area contributed by atoms with Crippen molar-refractivity contribution in [1.82, 2.24) is 15.0 Å². The van der Waals surface area contributed by atoms with Crippen LogP contribution in [0.1, 0.15) is 33.1 Å². The fourth-order valence-electron chi connectivity index (χ4n) is 2.11. The van der Waals surface area contributed by atoms with Crippen LogP contribution in [0.25, 0.3) is 0 Å². The second-order valence-electron chi connectivity index (χ2n) is 4.71. The summed E-state index contributed by atoms with van der Waals surface area (Å²) in [6, 6.07) is 2.61. The van der Waals surface area contributed by atoms with E-state index >= 15 is 0 Å². The van der Waals surface area contributed by atoms with E-state index in [-0.39, 0.29) is 5.28 Å². The van der Waals surface area contributed by atoms with E-state index in [9.17, 15) is 0 Å². The number of nitriles is 1. The summed E-state index contributed by atoms with van der Waals surface area (Å²) in [6.45, 7) is 6.37. The molecule has 0 amide bonds. The van der Waals surface area contributed by atoms with Crippen molar-refractivity contribution in [3.63, 3.8) is 0 Å². The maximum atomic E-state index is 8.77. The molecule has 1 aliphatic carbocycles. The van der Waals surface area contributed by atoms with E-state index in [2.05, 4.69) is 39.8 Å². The smallest absolute Gasteiger partial charge is 0.231 e. The average Bonchev–Trinajstić information content (AvgIpc) is 3.25. The van der Waals surface area contributed by atoms with Gasteiger partial charge in [-0.15, -0.1) is 0 Å². The van der Waals surface area contributed by atoms with Gasteiger partial charge in [-0.25, -0.2) is 0 Å². The summed E-state index contributed by atoms with van der Waals surface area (Å²) < 4.78 is 0. The van der Waals surface area contributed by atoms with Gasteiger partial charge in [-0.1, -0.05) is 0 Å². The van der Waals surface area contributed by atoms with Crippen LogP contribution in [-0.4, -0.2) is 40.6 Å². The van der Waals surface area contributed by atoms with E-state index in [1.54, 1.807) is 0 Å². The molecular formula is C13H19ClN6. The molecule has 0 radical (unpaired) electrons. The zero-order chi connectivity index (χ0) is 14.5. The van der Waals surface area contributed by atoms with Gasteiger partial charge in [0.2, 0.25) is 17.2 Å². The largest absolute Gasteiger partial charge is 0.341 e. The Morgan fingerprint density at radius 1 is 1.20 bits per heavy atom. The first-order chi connectivity index (χ1) is 9.69. The average molecular weight is 295 g/mol. The summed E-state index contributed by atoms with van der Waals surface area (Å²) in [5, 5.41) is 8.98. The van der Waals surface area contributed by atoms with E-state index in [1.165, 1.54) is 0 Å². The maximum Gasteiger partial charge on any atom is 0.231 e. The molecule has 2 rings (SSSR count). The minimum absolute atomic E-state index is 0.208. The zero-order valence-corrected chi connectivity index (χ0v) is 12.6. The van der Waals surface area contributed by atoms with Crippen molar-refractivity contribution in [2.45, 2.75) is 39.2 Å². The molecule has 0 unspecified atom stereocenters. The highest BCUT2D eigenvalue weighted by Crippen LogP contribution is 2.30. The number of nitrogens with zero attached hydrogens (tertiary/aromatic N) is 6. The summed E-state index contributed by atoms with van der Waals surface area (Å²) >= 11 is 6.03. The van der Waals surface area contributed by atoms with Gasteiger partial charge in [0.15, 0.2) is 0 Å². The highest BCUT2D eigenvalue weighted by molar-refractivity contribution is 6.28. The molecule has 0 spiro atoms. The van der Waals surface area contributed by atoms with Crippen LogP contribution < -0.4 is 9.80 Å². The van der Waals surface area contributed by atoms with E-state index in [0.717, 1.165) is 25.9 Å². The van der Waals surface area contributed by atoms with Gasteiger partial charge in [0.1, 0.15) is 0 Å². The molecule has 20 heavy (non-hydrogen) atoms. The number of rotatable bonds is 7. The van der Waals surface area contributed by atoms with Crippen LogP contribution in [0.15, 0.2) is 0 Å². The summed E-state index contributed by atoms with van der Waals surface area (Å²) in [6.07, 6.45) is 2.70. The van der Waals surface area contributed by atoms with Gasteiger partial charge in [-0.3, -0.25) is 0 Å². The van der Waals surface area contributed by atoms with Gasteiger partial charge >= 0.3 is 0 Å². The van der Waals surface area contributed by atoms with Crippen LogP contribution >= 0.6 is 11.6 Å². The quantitative estimate of drug-likeness (QED) is 0.768. The summed E-state index contributed by atoms with van der Waals surface area (Å²) in [5.41, 5.74) is 0. The van der Waals surface area contributed by atoms with Crippen molar-refractivity contribution < 1.29 is 0 Å². The van der Waals surface area contributed by atoms with E-state index in [0.29, 0.717) is 30.9 Å². The highest BCUT2D eigenvalue weighted by Gasteiger charge is 2.31. The van der Waals surface area contributed by atoms with Gasteiger partial charge < -0.3 is 9.80 Å². The Morgan fingerprint density at radius 2 is 1.85 bits per heavy atom. The van der Waals surface area contributed by atoms with Crippen molar-refractivity contribution in [2.24, 2.45) is 0 Å². The molecule has 1 fully saturated rings. The third-order valence-electron chi connectivity index (χ3n) is 3.34. The van der Waals surface area contributed by atoms with E-state index in [4.69, 9.17) is 16.9 Å². The Morgan fingerprint density at radius 3 is 2.40 bits per heavy atom. The Kier molecular flexibility index (Phi) is 4.96. The summed E-state index contributed by atoms with van der Waals surface area (Å²) in [5.74, 6) is 1.19. The van der Waals surface area contributed by atoms with Crippen LogP contribution in [0, 0.1) is 11.3 Å². The van der Waals surface area contributed by atoms with Crippen LogP contribution in [0.5, 0.6) is 0 Å². The predicted molar refractivity (Wildman–Crippen MR) is 79.0 cm³/mol. The molecule has 1 aromatic rings. The number of hydrogen-bond acceptors (Lipinski definition) is 6. The number of aromatic nitrogens is 3. The van der Waals surface area contributed by atoms with Crippen molar-refractivity contribution in [1.29, 1.82) is 5.26 Å². The number of halogens is 1. The molecule has 0 aliphatic heterocycles. The van der Waals surface area contributed by atoms with Gasteiger partial charge in [0, 0.05) is 25.7 Å². The molecule has 7 heteroatoms. The SMILES string of the molecule is CCN(CC)c1nc(Cl)nc(N(CCC#N)C2CC2)n1. The second kappa shape index (κ2) is 6.71. The van der Waals surface area contributed by atoms with Crippen molar-refractivity contribution in [3.05, 3.63) is 5.28 Å². The van der Waals surface area contributed by atoms with Gasteiger partial charge in [-0.05, 0) is 38.3 Å². The molecular weight excluding hydrogens is 276 g/mol. The van der Waals surface area contributed by atoms with Crippen LogP contribution in [0.3, 0.4) is 0 Å². The van der Waals surface area contributed by atoms with Gasteiger partial charge in [-0.2, -0.15) is 20.2 Å². The molecule has 0 bridgehead atoms. The second-order valence-corrected chi connectivity index (χ2v) is 5.05. The van der Waals surface area contributed by atoms with Crippen LogP contribution in [-0.2, 0) is 0 Å². The van der Waals surface area contributed by atoms with Gasteiger partial charge in [0.25, 0.3) is 0 Å². The Bertz CT molecular complexity index is 492. The van der Waals surface area contributed by atoms with Crippen LogP contribution in [0.2, 0.25) is 5.28 Å². The standard InChI is InChI=1S/C13H19ClN6/c1-3-19(4-2)12-16-11(14)17-13(18-12)20(9-5-8-15)10-6-7-10/h10H,3-7,9H2,1-2H3. The molecule has 1 aliphatic rings. The first kappa shape index (κ1) is 14.8. The summed E-state index contributed by atoms with van der Waals surface area (Å²) in [7, 11) is 0. The minimum atomic E-state index is 0.208. The monoisotopic (exact) mass is 294 g/mol. The molecule has 0 N–H and O–H groups in total. The van der Waals surface area contributed by atoms with Crippen molar-refractivity contribution in [2.75, 3.05) is 29.4 Å². The predicted octanol–water partition coefficient (Wildman–Crippen LogP) is 2.25. The van der Waals surface area contributed by atoms with E-state index in [1.807, 2.05) is 4.90 Å². The molecule has 1 heterocycles. The lowest BCUT2D eigenvalue weighted by atomic mass is 10.4. The lowest BCUT2D eigenvalue weighted by Gasteiger charge is -2.24. The van der Waals surface area contributed by atoms with E-state index < -0.39 is 0 Å². The fourth-order valence-corrected chi connectivity index (χ4v) is 2.26. The molecule has 108 valence electrons. The van der Waals surface area contributed by atoms with Crippen molar-refractivity contribution in [3.8, 4) is 6.07 Å². The number of anilines is 2. The van der Waals surface area contributed by atoms with Crippen LogP contribution in [0.4, 0.5) is 11.9 Å². The molecule has 0 aromatic carbocycles. The Labute approximate surface area is 124 Å². The lowest BCUT2D eigenvalue weighted by Crippen LogP contribution is -2.31. The lowest BCUT2D eigenvalue weighted by molar-refractivity contribution is 0.741. The molecule has 0 atom stereocenters. The van der Waals surface area contributed by atoms with Crippen molar-refractivity contribution >= 4 is 23.5 Å².